The summed E-state index contributed by atoms with van der Waals surface area (Å²) in [6, 6.07) is 8.29. The summed E-state index contributed by atoms with van der Waals surface area (Å²) in [4.78, 5) is 13.5. The van der Waals surface area contributed by atoms with Crippen LogP contribution < -0.4 is 0 Å². The number of aryl methyl sites for hydroxylation is 2. The van der Waals surface area contributed by atoms with Gasteiger partial charge in [-0.05, 0) is 38.0 Å². The number of carbonyl (C=O) groups is 1. The molecule has 3 heteroatoms. The van der Waals surface area contributed by atoms with Gasteiger partial charge in [0.25, 0.3) is 5.97 Å². The molecule has 2 aromatic rings. The average molecular weight is 291 g/mol. The molecule has 0 saturated heterocycles. The van der Waals surface area contributed by atoms with Crippen molar-refractivity contribution in [3.63, 3.8) is 0 Å². The van der Waals surface area contributed by atoms with Gasteiger partial charge in [-0.3, -0.25) is 9.78 Å². The van der Waals surface area contributed by atoms with E-state index in [2.05, 4.69) is 44.0 Å². The third kappa shape index (κ3) is 7.45. The summed E-state index contributed by atoms with van der Waals surface area (Å²) in [6.07, 6.45) is 0. The maximum atomic E-state index is 9.00. The Morgan fingerprint density at radius 2 is 1.38 bits per heavy atom. The molecule has 21 heavy (non-hydrogen) atoms. The molecule has 0 bridgehead atoms. The zero-order valence-electron chi connectivity index (χ0n) is 14.6. The van der Waals surface area contributed by atoms with Gasteiger partial charge < -0.3 is 5.11 Å². The lowest BCUT2D eigenvalue weighted by atomic mass is 10.0. The second-order valence-electron chi connectivity index (χ2n) is 3.98. The third-order valence-corrected chi connectivity index (χ3v) is 2.70. The van der Waals surface area contributed by atoms with Crippen molar-refractivity contribution in [3.05, 3.63) is 41.1 Å². The molecule has 1 N–H and O–H groups in total. The number of para-hydroxylation sites is 1. The van der Waals surface area contributed by atoms with Crippen LogP contribution in [0.15, 0.2) is 24.3 Å². The molecule has 0 aliphatic rings. The molecular weight excluding hydrogens is 262 g/mol. The monoisotopic (exact) mass is 291 g/mol. The molecule has 0 fully saturated rings. The van der Waals surface area contributed by atoms with E-state index < -0.39 is 5.97 Å². The van der Waals surface area contributed by atoms with Crippen molar-refractivity contribution in [1.82, 2.24) is 4.98 Å². The first-order valence-electron chi connectivity index (χ1n) is 7.45. The summed E-state index contributed by atoms with van der Waals surface area (Å²) < 4.78 is 0. The van der Waals surface area contributed by atoms with Crippen LogP contribution in [0.3, 0.4) is 0 Å². The van der Waals surface area contributed by atoms with Crippen molar-refractivity contribution < 1.29 is 9.90 Å². The molecule has 1 aromatic heterocycles. The Labute approximate surface area is 129 Å². The molecule has 118 valence electrons. The number of nitrogens with zero attached hydrogens (tertiary/aromatic N) is 1. The van der Waals surface area contributed by atoms with Gasteiger partial charge in [-0.15, -0.1) is 0 Å². The number of hydrogen-bond acceptors (Lipinski definition) is 2. The first-order chi connectivity index (χ1) is 9.93. The lowest BCUT2D eigenvalue weighted by Gasteiger charge is -2.07. The fourth-order valence-electron chi connectivity index (χ4n) is 1.63. The van der Waals surface area contributed by atoms with E-state index in [1.165, 1.54) is 16.5 Å². The van der Waals surface area contributed by atoms with Crippen molar-refractivity contribution >= 4 is 16.9 Å². The number of carboxylic acids is 1. The first kappa shape index (κ1) is 21.4. The van der Waals surface area contributed by atoms with E-state index in [4.69, 9.17) is 9.90 Å². The van der Waals surface area contributed by atoms with Crippen LogP contribution in [-0.2, 0) is 4.79 Å². The van der Waals surface area contributed by atoms with Crippen LogP contribution in [0.2, 0.25) is 0 Å². The minimum absolute atomic E-state index is 0.833. The Bertz CT molecular complexity index is 544. The van der Waals surface area contributed by atoms with Gasteiger partial charge in [-0.1, -0.05) is 45.9 Å². The summed E-state index contributed by atoms with van der Waals surface area (Å²) in [5, 5.41) is 8.69. The van der Waals surface area contributed by atoms with Gasteiger partial charge in [-0.2, -0.15) is 0 Å². The lowest BCUT2D eigenvalue weighted by Crippen LogP contribution is -1.92. The molecule has 0 radical (unpaired) electrons. The molecule has 1 aromatic carbocycles. The molecule has 0 aliphatic carbocycles. The predicted molar refractivity (Wildman–Crippen MR) is 92.0 cm³/mol. The Morgan fingerprint density at radius 1 is 0.952 bits per heavy atom. The zero-order chi connectivity index (χ0) is 17.0. The van der Waals surface area contributed by atoms with Crippen molar-refractivity contribution in [2.45, 2.75) is 55.4 Å². The number of benzene rings is 1. The van der Waals surface area contributed by atoms with Crippen LogP contribution in [0.1, 0.15) is 51.4 Å². The SMILES string of the molecule is CC.CC.CC(=O)O.Cc1nc2ccccc2c(C)c1C. The normalized spacial score (nSPS) is 8.38. The maximum absolute atomic E-state index is 9.00. The standard InChI is InChI=1S/C12H13N.C2H4O2.2C2H6/c1-8-9(2)11-6-4-5-7-12(11)13-10(8)3;1-2(3)4;2*1-2/h4-7H,1-3H3;1H3,(H,3,4);2*1-2H3. The topological polar surface area (TPSA) is 50.2 Å². The third-order valence-electron chi connectivity index (χ3n) is 2.70. The second kappa shape index (κ2) is 11.9. The van der Waals surface area contributed by atoms with Gasteiger partial charge in [-0.25, -0.2) is 0 Å². The van der Waals surface area contributed by atoms with Gasteiger partial charge in [0.2, 0.25) is 0 Å². The zero-order valence-corrected chi connectivity index (χ0v) is 14.6. The molecule has 0 spiro atoms. The number of hydrogen-bond donors (Lipinski definition) is 1. The maximum Gasteiger partial charge on any atom is 0.300 e. The van der Waals surface area contributed by atoms with Gasteiger partial charge in [0.1, 0.15) is 0 Å². The minimum Gasteiger partial charge on any atom is -0.481 e. The predicted octanol–water partition coefficient (Wildman–Crippen LogP) is 5.30. The molecular formula is C18H29NO2. The lowest BCUT2D eigenvalue weighted by molar-refractivity contribution is -0.134. The Balaban J connectivity index is 0. The fourth-order valence-corrected chi connectivity index (χ4v) is 1.63. The number of carboxylic acid groups (broad SMARTS) is 1. The fraction of sp³-hybridized carbons (Fsp3) is 0.444. The summed E-state index contributed by atoms with van der Waals surface area (Å²) in [5.41, 5.74) is 4.89. The van der Waals surface area contributed by atoms with Crippen molar-refractivity contribution in [2.24, 2.45) is 0 Å². The van der Waals surface area contributed by atoms with Crippen molar-refractivity contribution in [3.8, 4) is 0 Å². The Kier molecular flexibility index (Phi) is 12.1. The average Bonchev–Trinajstić information content (AvgIpc) is 2.49. The van der Waals surface area contributed by atoms with Crippen LogP contribution in [0.25, 0.3) is 10.9 Å². The smallest absolute Gasteiger partial charge is 0.300 e. The highest BCUT2D eigenvalue weighted by atomic mass is 16.4. The number of aromatic nitrogens is 1. The van der Waals surface area contributed by atoms with Crippen LogP contribution in [0, 0.1) is 20.8 Å². The van der Waals surface area contributed by atoms with Crippen LogP contribution in [-0.4, -0.2) is 16.1 Å². The van der Waals surface area contributed by atoms with E-state index in [1.807, 2.05) is 33.8 Å². The molecule has 3 nitrogen and oxygen atoms in total. The highest BCUT2D eigenvalue weighted by Gasteiger charge is 2.03. The van der Waals surface area contributed by atoms with Crippen molar-refractivity contribution in [2.75, 3.05) is 0 Å². The number of pyridine rings is 1. The molecule has 0 saturated carbocycles. The van der Waals surface area contributed by atoms with Crippen LogP contribution in [0.5, 0.6) is 0 Å². The molecule has 1 heterocycles. The van der Waals surface area contributed by atoms with Gasteiger partial charge in [0, 0.05) is 18.0 Å². The first-order valence-corrected chi connectivity index (χ1v) is 7.45. The van der Waals surface area contributed by atoms with E-state index in [-0.39, 0.29) is 0 Å². The largest absolute Gasteiger partial charge is 0.481 e. The highest BCUT2D eigenvalue weighted by Crippen LogP contribution is 2.20. The molecule has 0 amide bonds. The van der Waals surface area contributed by atoms with Crippen molar-refractivity contribution in [1.29, 1.82) is 0 Å². The van der Waals surface area contributed by atoms with Crippen LogP contribution >= 0.6 is 0 Å². The summed E-state index contributed by atoms with van der Waals surface area (Å²) in [7, 11) is 0. The van der Waals surface area contributed by atoms with Gasteiger partial charge in [0.05, 0.1) is 5.52 Å². The van der Waals surface area contributed by atoms with E-state index in [0.717, 1.165) is 18.1 Å². The van der Waals surface area contributed by atoms with E-state index in [9.17, 15) is 0 Å². The number of rotatable bonds is 0. The van der Waals surface area contributed by atoms with Crippen LogP contribution in [0.4, 0.5) is 0 Å². The molecule has 0 aliphatic heterocycles. The summed E-state index contributed by atoms with van der Waals surface area (Å²) >= 11 is 0. The molecule has 2 rings (SSSR count). The van der Waals surface area contributed by atoms with E-state index >= 15 is 0 Å². The Morgan fingerprint density at radius 3 is 1.86 bits per heavy atom. The summed E-state index contributed by atoms with van der Waals surface area (Å²) in [5.74, 6) is -0.833. The van der Waals surface area contributed by atoms with Gasteiger partial charge >= 0.3 is 0 Å². The quantitative estimate of drug-likeness (QED) is 0.716. The Hall–Kier alpha value is -1.90. The minimum atomic E-state index is -0.833. The molecule has 0 unspecified atom stereocenters. The van der Waals surface area contributed by atoms with Gasteiger partial charge in [0.15, 0.2) is 0 Å². The second-order valence-corrected chi connectivity index (χ2v) is 3.98. The number of fused-ring (bicyclic) bond motifs is 1. The van der Waals surface area contributed by atoms with E-state index in [1.54, 1.807) is 0 Å². The number of aliphatic carboxylic acids is 1. The molecule has 0 atom stereocenters. The van der Waals surface area contributed by atoms with E-state index in [0.29, 0.717) is 0 Å². The highest BCUT2D eigenvalue weighted by molar-refractivity contribution is 5.83. The summed E-state index contributed by atoms with van der Waals surface area (Å²) in [6.45, 7) is 15.4.